The van der Waals surface area contributed by atoms with Gasteiger partial charge in [-0.05, 0) is 73.2 Å². The van der Waals surface area contributed by atoms with E-state index in [1.807, 2.05) is 6.07 Å². The smallest absolute Gasteiger partial charge is 0.119 e. The van der Waals surface area contributed by atoms with Crippen molar-refractivity contribution in [1.29, 1.82) is 0 Å². The second kappa shape index (κ2) is 17.7. The average Bonchev–Trinajstić information content (AvgIpc) is 3.02. The van der Waals surface area contributed by atoms with Gasteiger partial charge in [-0.25, -0.2) is 0 Å². The Morgan fingerprint density at radius 3 is 2.00 bits per heavy atom. The van der Waals surface area contributed by atoms with Crippen LogP contribution in [-0.4, -0.2) is 37.2 Å². The third kappa shape index (κ3) is 10.7. The van der Waals surface area contributed by atoms with Crippen molar-refractivity contribution in [3.8, 4) is 11.5 Å². The first-order chi connectivity index (χ1) is 20.2. The Morgan fingerprint density at radius 1 is 0.659 bits per heavy atom. The van der Waals surface area contributed by atoms with Crippen LogP contribution in [0.3, 0.4) is 0 Å². The molecule has 0 N–H and O–H groups in total. The van der Waals surface area contributed by atoms with E-state index in [0.29, 0.717) is 12.6 Å². The predicted octanol–water partition coefficient (Wildman–Crippen LogP) is 9.28. The lowest BCUT2D eigenvalue weighted by Crippen LogP contribution is -2.45. The van der Waals surface area contributed by atoms with Crippen molar-refractivity contribution >= 4 is 5.69 Å². The molecule has 1 saturated heterocycles. The number of piperidine rings is 1. The second-order valence-electron chi connectivity index (χ2n) is 11.6. The van der Waals surface area contributed by atoms with Crippen molar-refractivity contribution in [2.45, 2.75) is 97.2 Å². The second-order valence-corrected chi connectivity index (χ2v) is 11.6. The maximum Gasteiger partial charge on any atom is 0.119 e. The number of anilines is 1. The van der Waals surface area contributed by atoms with Crippen LogP contribution in [0, 0.1) is 0 Å². The van der Waals surface area contributed by atoms with E-state index in [4.69, 9.17) is 9.47 Å². The Morgan fingerprint density at radius 2 is 1.29 bits per heavy atom. The Labute approximate surface area is 249 Å². The van der Waals surface area contributed by atoms with E-state index in [-0.39, 0.29) is 0 Å². The molecule has 1 aliphatic rings. The Hall–Kier alpha value is -2.98. The number of nitrogens with zero attached hydrogens (tertiary/aromatic N) is 2. The minimum atomic E-state index is 0.590. The van der Waals surface area contributed by atoms with Crippen molar-refractivity contribution in [3.63, 3.8) is 0 Å². The molecular formula is C37H52N2O2. The molecule has 4 heteroatoms. The number of hydrogen-bond acceptors (Lipinski definition) is 4. The standard InChI is InChI=1S/C37H52N2O2/c1-3-5-7-8-9-13-26-39(34-18-22-37(23-19-34)41-31-33-14-11-10-12-15-33)35-24-27-38(28-25-35)30-32-16-20-36(21-17-32)40-29-6-4-2/h10-12,14-23,35H,3-9,13,24-31H2,1-2H3. The van der Waals surface area contributed by atoms with Gasteiger partial charge in [-0.2, -0.15) is 0 Å². The molecule has 4 nitrogen and oxygen atoms in total. The Balaban J connectivity index is 1.30. The fourth-order valence-electron chi connectivity index (χ4n) is 5.73. The Bertz CT molecular complexity index is 1080. The van der Waals surface area contributed by atoms with Crippen LogP contribution in [0.5, 0.6) is 11.5 Å². The van der Waals surface area contributed by atoms with Crippen LogP contribution in [0.15, 0.2) is 78.9 Å². The maximum atomic E-state index is 6.08. The van der Waals surface area contributed by atoms with E-state index < -0.39 is 0 Å². The molecule has 4 rings (SSSR count). The monoisotopic (exact) mass is 556 g/mol. The van der Waals surface area contributed by atoms with Gasteiger partial charge in [-0.3, -0.25) is 4.90 Å². The molecule has 0 bridgehead atoms. The highest BCUT2D eigenvalue weighted by molar-refractivity contribution is 5.50. The third-order valence-electron chi connectivity index (χ3n) is 8.26. The first-order valence-electron chi connectivity index (χ1n) is 16.2. The summed E-state index contributed by atoms with van der Waals surface area (Å²) in [4.78, 5) is 5.31. The first-order valence-corrected chi connectivity index (χ1v) is 16.2. The molecule has 1 aliphatic heterocycles. The molecule has 222 valence electrons. The van der Waals surface area contributed by atoms with E-state index in [9.17, 15) is 0 Å². The van der Waals surface area contributed by atoms with E-state index >= 15 is 0 Å². The highest BCUT2D eigenvalue weighted by atomic mass is 16.5. The number of hydrogen-bond donors (Lipinski definition) is 0. The highest BCUT2D eigenvalue weighted by Gasteiger charge is 2.25. The summed E-state index contributed by atoms with van der Waals surface area (Å²) in [6.07, 6.45) is 12.7. The zero-order valence-electron chi connectivity index (χ0n) is 25.6. The summed E-state index contributed by atoms with van der Waals surface area (Å²) in [6, 6.07) is 28.6. The lowest BCUT2D eigenvalue weighted by molar-refractivity contribution is 0.201. The summed E-state index contributed by atoms with van der Waals surface area (Å²) in [7, 11) is 0. The van der Waals surface area contributed by atoms with Gasteiger partial charge in [0.1, 0.15) is 18.1 Å². The molecule has 0 amide bonds. The number of benzene rings is 3. The summed E-state index contributed by atoms with van der Waals surface area (Å²) < 4.78 is 11.9. The molecule has 41 heavy (non-hydrogen) atoms. The van der Waals surface area contributed by atoms with Crippen LogP contribution < -0.4 is 14.4 Å². The van der Waals surface area contributed by atoms with Crippen LogP contribution in [0.1, 0.15) is 89.2 Å². The number of rotatable bonds is 18. The van der Waals surface area contributed by atoms with Gasteiger partial charge in [-0.1, -0.05) is 94.8 Å². The number of ether oxygens (including phenoxy) is 2. The minimum absolute atomic E-state index is 0.590. The molecular weight excluding hydrogens is 504 g/mol. The van der Waals surface area contributed by atoms with Crippen LogP contribution in [0.25, 0.3) is 0 Å². The van der Waals surface area contributed by atoms with Gasteiger partial charge >= 0.3 is 0 Å². The average molecular weight is 557 g/mol. The minimum Gasteiger partial charge on any atom is -0.494 e. The highest BCUT2D eigenvalue weighted by Crippen LogP contribution is 2.28. The largest absolute Gasteiger partial charge is 0.494 e. The van der Waals surface area contributed by atoms with Gasteiger partial charge < -0.3 is 14.4 Å². The number of likely N-dealkylation sites (tertiary alicyclic amines) is 1. The molecule has 3 aromatic carbocycles. The van der Waals surface area contributed by atoms with Gasteiger partial charge in [0.25, 0.3) is 0 Å². The van der Waals surface area contributed by atoms with Crippen molar-refractivity contribution in [1.82, 2.24) is 4.90 Å². The quantitative estimate of drug-likeness (QED) is 0.146. The third-order valence-corrected chi connectivity index (χ3v) is 8.26. The fraction of sp³-hybridized carbons (Fsp3) is 0.514. The van der Waals surface area contributed by atoms with Gasteiger partial charge in [0.2, 0.25) is 0 Å². The topological polar surface area (TPSA) is 24.9 Å². The molecule has 0 radical (unpaired) electrons. The molecule has 0 unspecified atom stereocenters. The van der Waals surface area contributed by atoms with Gasteiger partial charge in [0.05, 0.1) is 6.61 Å². The van der Waals surface area contributed by atoms with E-state index in [2.05, 4.69) is 96.4 Å². The van der Waals surface area contributed by atoms with E-state index in [0.717, 1.165) is 50.7 Å². The van der Waals surface area contributed by atoms with Crippen molar-refractivity contribution in [3.05, 3.63) is 90.0 Å². The lowest BCUT2D eigenvalue weighted by atomic mass is 10.0. The summed E-state index contributed by atoms with van der Waals surface area (Å²) in [5, 5.41) is 0. The molecule has 1 heterocycles. The molecule has 0 saturated carbocycles. The summed E-state index contributed by atoms with van der Waals surface area (Å²) >= 11 is 0. The SMILES string of the molecule is CCCCCCCCN(c1ccc(OCc2ccccc2)cc1)C1CCN(Cc2ccc(OCCCC)cc2)CC1. The summed E-state index contributed by atoms with van der Waals surface area (Å²) in [6.45, 7) is 10.3. The number of unbranched alkanes of at least 4 members (excludes halogenated alkanes) is 6. The van der Waals surface area contributed by atoms with Gasteiger partial charge in [-0.15, -0.1) is 0 Å². The van der Waals surface area contributed by atoms with Crippen molar-refractivity contribution < 1.29 is 9.47 Å². The van der Waals surface area contributed by atoms with Crippen LogP contribution in [0.4, 0.5) is 5.69 Å². The molecule has 0 aliphatic carbocycles. The van der Waals surface area contributed by atoms with Crippen LogP contribution in [-0.2, 0) is 13.2 Å². The lowest BCUT2D eigenvalue weighted by Gasteiger charge is -2.40. The summed E-state index contributed by atoms with van der Waals surface area (Å²) in [5.74, 6) is 1.93. The molecule has 0 spiro atoms. The molecule has 1 fully saturated rings. The van der Waals surface area contributed by atoms with Gasteiger partial charge in [0.15, 0.2) is 0 Å². The zero-order valence-corrected chi connectivity index (χ0v) is 25.6. The Kier molecular flexibility index (Phi) is 13.4. The predicted molar refractivity (Wildman–Crippen MR) is 173 cm³/mol. The first kappa shape index (κ1) is 31.0. The fourth-order valence-corrected chi connectivity index (χ4v) is 5.73. The molecule has 0 atom stereocenters. The van der Waals surface area contributed by atoms with E-state index in [1.54, 1.807) is 0 Å². The maximum absolute atomic E-state index is 6.08. The van der Waals surface area contributed by atoms with E-state index in [1.165, 1.54) is 74.6 Å². The van der Waals surface area contributed by atoms with Crippen LogP contribution >= 0.6 is 0 Å². The van der Waals surface area contributed by atoms with Gasteiger partial charge in [0, 0.05) is 37.9 Å². The van der Waals surface area contributed by atoms with Crippen LogP contribution in [0.2, 0.25) is 0 Å². The summed E-state index contributed by atoms with van der Waals surface area (Å²) in [5.41, 5.74) is 3.91. The molecule has 3 aromatic rings. The van der Waals surface area contributed by atoms with Crippen molar-refractivity contribution in [2.24, 2.45) is 0 Å². The normalized spacial score (nSPS) is 14.2. The zero-order chi connectivity index (χ0) is 28.5. The molecule has 0 aromatic heterocycles. The van der Waals surface area contributed by atoms with Crippen molar-refractivity contribution in [2.75, 3.05) is 31.1 Å².